The summed E-state index contributed by atoms with van der Waals surface area (Å²) in [6, 6.07) is 8.61. The topological polar surface area (TPSA) is 15.3 Å². The van der Waals surface area contributed by atoms with Crippen LogP contribution in [0, 0.1) is 17.8 Å². The Morgan fingerprint density at radius 2 is 2.00 bits per heavy atom. The number of para-hydroxylation sites is 2. The summed E-state index contributed by atoms with van der Waals surface area (Å²) in [5, 5.41) is 3.68. The highest BCUT2D eigenvalue weighted by molar-refractivity contribution is 5.69. The number of benzene rings is 1. The van der Waals surface area contributed by atoms with E-state index in [1.807, 2.05) is 0 Å². The Kier molecular flexibility index (Phi) is 3.19. The molecule has 3 rings (SSSR count). The third kappa shape index (κ3) is 2.21. The fraction of sp³-hybridized carbons (Fsp3) is 0.625. The van der Waals surface area contributed by atoms with E-state index < -0.39 is 0 Å². The van der Waals surface area contributed by atoms with E-state index in [0.717, 1.165) is 24.3 Å². The molecule has 2 fully saturated rings. The molecular weight excluding hydrogens is 220 g/mol. The first-order valence-corrected chi connectivity index (χ1v) is 7.24. The number of fused-ring (bicyclic) bond motifs is 2. The SMILES string of the molecule is CN(C)c1ccccc1NCC1CC2CCC1C2. The number of hydrogen-bond donors (Lipinski definition) is 1. The van der Waals surface area contributed by atoms with E-state index in [-0.39, 0.29) is 0 Å². The number of hydrogen-bond acceptors (Lipinski definition) is 2. The van der Waals surface area contributed by atoms with Crippen molar-refractivity contribution in [3.63, 3.8) is 0 Å². The molecule has 2 heteroatoms. The van der Waals surface area contributed by atoms with Gasteiger partial charge in [-0.25, -0.2) is 0 Å². The summed E-state index contributed by atoms with van der Waals surface area (Å²) in [7, 11) is 4.22. The van der Waals surface area contributed by atoms with Crippen LogP contribution in [0.3, 0.4) is 0 Å². The summed E-state index contributed by atoms with van der Waals surface area (Å²) >= 11 is 0. The molecular formula is C16H24N2. The minimum atomic E-state index is 0.916. The standard InChI is InChI=1S/C16H24N2/c1-18(2)16-6-4-3-5-15(16)17-11-14-10-12-7-8-13(14)9-12/h3-6,12-14,17H,7-11H2,1-2H3. The van der Waals surface area contributed by atoms with Crippen LogP contribution in [0.25, 0.3) is 0 Å². The zero-order valence-electron chi connectivity index (χ0n) is 11.5. The van der Waals surface area contributed by atoms with Crippen LogP contribution in [0.2, 0.25) is 0 Å². The number of nitrogens with one attached hydrogen (secondary N) is 1. The van der Waals surface area contributed by atoms with Crippen LogP contribution in [0.4, 0.5) is 11.4 Å². The van der Waals surface area contributed by atoms with Crippen LogP contribution in [0.5, 0.6) is 0 Å². The third-order valence-electron chi connectivity index (χ3n) is 4.83. The van der Waals surface area contributed by atoms with Crippen LogP contribution < -0.4 is 10.2 Å². The predicted octanol–water partition coefficient (Wildman–Crippen LogP) is 3.60. The Bertz CT molecular complexity index is 413. The van der Waals surface area contributed by atoms with E-state index in [4.69, 9.17) is 0 Å². The predicted molar refractivity (Wildman–Crippen MR) is 78.2 cm³/mol. The molecule has 0 aliphatic heterocycles. The molecule has 1 aromatic rings. The molecule has 3 atom stereocenters. The van der Waals surface area contributed by atoms with Gasteiger partial charge in [0, 0.05) is 20.6 Å². The Labute approximate surface area is 110 Å². The quantitative estimate of drug-likeness (QED) is 0.870. The van der Waals surface area contributed by atoms with Crippen molar-refractivity contribution >= 4 is 11.4 Å². The molecule has 0 aromatic heterocycles. The maximum atomic E-state index is 3.68. The first-order chi connectivity index (χ1) is 8.74. The van der Waals surface area contributed by atoms with Crippen LogP contribution in [0.15, 0.2) is 24.3 Å². The van der Waals surface area contributed by atoms with Gasteiger partial charge in [-0.05, 0) is 49.1 Å². The van der Waals surface area contributed by atoms with Crippen LogP contribution >= 0.6 is 0 Å². The zero-order chi connectivity index (χ0) is 12.5. The van der Waals surface area contributed by atoms with Gasteiger partial charge in [-0.2, -0.15) is 0 Å². The molecule has 3 unspecified atom stereocenters. The molecule has 0 amide bonds. The molecule has 2 aliphatic rings. The lowest BCUT2D eigenvalue weighted by atomic mass is 9.89. The highest BCUT2D eigenvalue weighted by atomic mass is 15.1. The molecule has 2 bridgehead atoms. The molecule has 0 heterocycles. The van der Waals surface area contributed by atoms with Crippen molar-refractivity contribution < 1.29 is 0 Å². The molecule has 0 saturated heterocycles. The van der Waals surface area contributed by atoms with E-state index in [2.05, 4.69) is 48.6 Å². The summed E-state index contributed by atoms with van der Waals surface area (Å²) in [6.07, 6.45) is 5.94. The van der Waals surface area contributed by atoms with Crippen molar-refractivity contribution in [3.05, 3.63) is 24.3 Å². The summed E-state index contributed by atoms with van der Waals surface area (Å²) in [4.78, 5) is 2.18. The molecule has 1 aromatic carbocycles. The van der Waals surface area contributed by atoms with Crippen molar-refractivity contribution in [2.24, 2.45) is 17.8 Å². The minimum Gasteiger partial charge on any atom is -0.383 e. The van der Waals surface area contributed by atoms with Crippen LogP contribution in [-0.2, 0) is 0 Å². The fourth-order valence-corrected chi connectivity index (χ4v) is 3.88. The van der Waals surface area contributed by atoms with Gasteiger partial charge in [-0.15, -0.1) is 0 Å². The average Bonchev–Trinajstić information content (AvgIpc) is 2.98. The Morgan fingerprint density at radius 1 is 1.17 bits per heavy atom. The maximum Gasteiger partial charge on any atom is 0.0596 e. The molecule has 18 heavy (non-hydrogen) atoms. The maximum absolute atomic E-state index is 3.68. The van der Waals surface area contributed by atoms with Gasteiger partial charge in [-0.1, -0.05) is 18.6 Å². The van der Waals surface area contributed by atoms with Crippen LogP contribution in [0.1, 0.15) is 25.7 Å². The molecule has 98 valence electrons. The zero-order valence-corrected chi connectivity index (χ0v) is 11.5. The molecule has 1 N–H and O–H groups in total. The minimum absolute atomic E-state index is 0.916. The molecule has 2 aliphatic carbocycles. The van der Waals surface area contributed by atoms with E-state index in [1.54, 1.807) is 0 Å². The second kappa shape index (κ2) is 4.83. The van der Waals surface area contributed by atoms with Crippen molar-refractivity contribution in [1.82, 2.24) is 0 Å². The largest absolute Gasteiger partial charge is 0.383 e. The lowest BCUT2D eigenvalue weighted by molar-refractivity contribution is 0.348. The van der Waals surface area contributed by atoms with Gasteiger partial charge in [0.25, 0.3) is 0 Å². The summed E-state index contributed by atoms with van der Waals surface area (Å²) in [5.41, 5.74) is 2.57. The van der Waals surface area contributed by atoms with Gasteiger partial charge in [0.05, 0.1) is 11.4 Å². The Hall–Kier alpha value is -1.18. The molecule has 2 nitrogen and oxygen atoms in total. The average molecular weight is 244 g/mol. The normalized spacial score (nSPS) is 29.6. The lowest BCUT2D eigenvalue weighted by Crippen LogP contribution is -2.21. The van der Waals surface area contributed by atoms with Gasteiger partial charge in [0.1, 0.15) is 0 Å². The second-order valence-corrected chi connectivity index (χ2v) is 6.23. The summed E-state index contributed by atoms with van der Waals surface area (Å²) in [5.74, 6) is 2.97. The van der Waals surface area contributed by atoms with Gasteiger partial charge in [-0.3, -0.25) is 0 Å². The van der Waals surface area contributed by atoms with E-state index >= 15 is 0 Å². The number of nitrogens with zero attached hydrogens (tertiary/aromatic N) is 1. The number of anilines is 2. The fourth-order valence-electron chi connectivity index (χ4n) is 3.88. The van der Waals surface area contributed by atoms with Gasteiger partial charge in [0.2, 0.25) is 0 Å². The Morgan fingerprint density at radius 3 is 2.67 bits per heavy atom. The first-order valence-electron chi connectivity index (χ1n) is 7.24. The summed E-state index contributed by atoms with van der Waals surface area (Å²) in [6.45, 7) is 1.16. The van der Waals surface area contributed by atoms with Crippen molar-refractivity contribution in [3.8, 4) is 0 Å². The molecule has 0 radical (unpaired) electrons. The lowest BCUT2D eigenvalue weighted by Gasteiger charge is -2.24. The molecule has 0 spiro atoms. The third-order valence-corrected chi connectivity index (χ3v) is 4.83. The monoisotopic (exact) mass is 244 g/mol. The summed E-state index contributed by atoms with van der Waals surface area (Å²) < 4.78 is 0. The first kappa shape index (κ1) is 11.9. The van der Waals surface area contributed by atoms with Gasteiger partial charge >= 0.3 is 0 Å². The molecule has 2 saturated carbocycles. The highest BCUT2D eigenvalue weighted by Crippen LogP contribution is 2.48. The van der Waals surface area contributed by atoms with Gasteiger partial charge in [0.15, 0.2) is 0 Å². The van der Waals surface area contributed by atoms with E-state index in [1.165, 1.54) is 37.1 Å². The van der Waals surface area contributed by atoms with Crippen molar-refractivity contribution in [2.45, 2.75) is 25.7 Å². The highest BCUT2D eigenvalue weighted by Gasteiger charge is 2.39. The second-order valence-electron chi connectivity index (χ2n) is 6.23. The van der Waals surface area contributed by atoms with Gasteiger partial charge < -0.3 is 10.2 Å². The van der Waals surface area contributed by atoms with Crippen LogP contribution in [-0.4, -0.2) is 20.6 Å². The van der Waals surface area contributed by atoms with Crippen molar-refractivity contribution in [2.75, 3.05) is 30.9 Å². The van der Waals surface area contributed by atoms with E-state index in [9.17, 15) is 0 Å². The Balaban J connectivity index is 1.63. The number of rotatable bonds is 4. The smallest absolute Gasteiger partial charge is 0.0596 e. The van der Waals surface area contributed by atoms with E-state index in [0.29, 0.717) is 0 Å². The van der Waals surface area contributed by atoms with Crippen molar-refractivity contribution in [1.29, 1.82) is 0 Å².